The summed E-state index contributed by atoms with van der Waals surface area (Å²) in [5, 5.41) is 10.4. The van der Waals surface area contributed by atoms with Crippen molar-refractivity contribution in [1.82, 2.24) is 4.57 Å². The molecule has 188 valence electrons. The van der Waals surface area contributed by atoms with Gasteiger partial charge in [0.1, 0.15) is 0 Å². The molecule has 1 heterocycles. The Labute approximate surface area is 213 Å². The van der Waals surface area contributed by atoms with Crippen LogP contribution in [-0.2, 0) is 24.2 Å². The molecule has 0 saturated carbocycles. The highest BCUT2D eigenvalue weighted by molar-refractivity contribution is 6.31. The second-order valence-corrected chi connectivity index (χ2v) is 10.0. The minimum Gasteiger partial charge on any atom is -0.481 e. The predicted octanol–water partition coefficient (Wildman–Crippen LogP) is 8.06. The minimum atomic E-state index is -3.24. The standard InChI is InChI=1S/C27H29Cl2F2NO3/c1-17(14-24(34)35)13-23(33)25-21-16-20(29)10-11-22(21)32(2)26(25)27(30,31)12-5-3-4-7-18-8-6-9-19(28)15-18/h6,8-11,15-17H,3-5,7,12-14H2,1-2H3,(H,34,35)/t17-/m0/s1. The monoisotopic (exact) mass is 523 g/mol. The molecule has 0 spiro atoms. The van der Waals surface area contributed by atoms with Crippen molar-refractivity contribution in [1.29, 1.82) is 0 Å². The molecule has 1 atom stereocenters. The van der Waals surface area contributed by atoms with Crippen molar-refractivity contribution >= 4 is 45.9 Å². The number of aromatic nitrogens is 1. The molecule has 0 bridgehead atoms. The highest BCUT2D eigenvalue weighted by Crippen LogP contribution is 2.41. The van der Waals surface area contributed by atoms with Gasteiger partial charge in [-0.2, -0.15) is 8.78 Å². The van der Waals surface area contributed by atoms with Crippen LogP contribution in [0.4, 0.5) is 8.78 Å². The van der Waals surface area contributed by atoms with Crippen LogP contribution in [-0.4, -0.2) is 21.4 Å². The Hall–Kier alpha value is -2.44. The lowest BCUT2D eigenvalue weighted by molar-refractivity contribution is -0.137. The Kier molecular flexibility index (Phi) is 8.94. The number of alkyl halides is 2. The third kappa shape index (κ3) is 6.83. The Morgan fingerprint density at radius 1 is 1.03 bits per heavy atom. The van der Waals surface area contributed by atoms with Crippen molar-refractivity contribution in [2.75, 3.05) is 0 Å². The summed E-state index contributed by atoms with van der Waals surface area (Å²) in [6, 6.07) is 12.3. The molecule has 0 saturated heterocycles. The Balaban J connectivity index is 1.81. The number of aryl methyl sites for hydroxylation is 2. The Bertz CT molecular complexity index is 1220. The van der Waals surface area contributed by atoms with Crippen LogP contribution in [0.2, 0.25) is 10.0 Å². The number of Topliss-reactive ketones (excluding diaryl/α,β-unsaturated/α-hetero) is 1. The van der Waals surface area contributed by atoms with E-state index in [1.54, 1.807) is 25.1 Å². The normalized spacial score (nSPS) is 12.7. The van der Waals surface area contributed by atoms with Crippen LogP contribution in [0.5, 0.6) is 0 Å². The van der Waals surface area contributed by atoms with Gasteiger partial charge in [0, 0.05) is 47.3 Å². The first-order valence-corrected chi connectivity index (χ1v) is 12.4. The van der Waals surface area contributed by atoms with Crippen molar-refractivity contribution in [3.05, 3.63) is 69.3 Å². The topological polar surface area (TPSA) is 59.3 Å². The number of ketones is 1. The fourth-order valence-corrected chi connectivity index (χ4v) is 4.96. The van der Waals surface area contributed by atoms with Crippen LogP contribution < -0.4 is 0 Å². The number of nitrogens with zero attached hydrogens (tertiary/aromatic N) is 1. The maximum absolute atomic E-state index is 15.6. The van der Waals surface area contributed by atoms with Crippen LogP contribution in [0.15, 0.2) is 42.5 Å². The zero-order valence-electron chi connectivity index (χ0n) is 19.8. The molecule has 0 unspecified atom stereocenters. The van der Waals surface area contributed by atoms with Gasteiger partial charge >= 0.3 is 5.97 Å². The minimum absolute atomic E-state index is 0.0637. The molecule has 2 aromatic carbocycles. The lowest BCUT2D eigenvalue weighted by Gasteiger charge is -2.20. The van der Waals surface area contributed by atoms with E-state index in [0.29, 0.717) is 33.8 Å². The molecule has 3 aromatic rings. The van der Waals surface area contributed by atoms with E-state index in [-0.39, 0.29) is 24.1 Å². The fraction of sp³-hybridized carbons (Fsp3) is 0.407. The lowest BCUT2D eigenvalue weighted by atomic mass is 9.93. The molecule has 0 aliphatic heterocycles. The molecule has 0 aliphatic rings. The number of benzene rings is 2. The zero-order valence-corrected chi connectivity index (χ0v) is 21.3. The molecule has 0 aliphatic carbocycles. The van der Waals surface area contributed by atoms with Crippen LogP contribution in [0.1, 0.15) is 67.1 Å². The summed E-state index contributed by atoms with van der Waals surface area (Å²) in [6.07, 6.45) is 1.65. The molecule has 0 fully saturated rings. The maximum Gasteiger partial charge on any atom is 0.303 e. The molecule has 1 aromatic heterocycles. The summed E-state index contributed by atoms with van der Waals surface area (Å²) in [7, 11) is 1.52. The van der Waals surface area contributed by atoms with Gasteiger partial charge in [0.15, 0.2) is 5.78 Å². The molecule has 4 nitrogen and oxygen atoms in total. The second-order valence-electron chi connectivity index (χ2n) is 9.17. The van der Waals surface area contributed by atoms with E-state index in [1.165, 1.54) is 17.7 Å². The van der Waals surface area contributed by atoms with Gasteiger partial charge in [0.05, 0.1) is 11.3 Å². The maximum atomic E-state index is 15.6. The van der Waals surface area contributed by atoms with Crippen LogP contribution in [0.3, 0.4) is 0 Å². The third-order valence-electron chi connectivity index (χ3n) is 6.19. The number of hydrogen-bond donors (Lipinski definition) is 1. The van der Waals surface area contributed by atoms with E-state index >= 15 is 8.78 Å². The van der Waals surface area contributed by atoms with Gasteiger partial charge in [-0.3, -0.25) is 9.59 Å². The zero-order chi connectivity index (χ0) is 25.8. The molecule has 35 heavy (non-hydrogen) atoms. The summed E-state index contributed by atoms with van der Waals surface area (Å²) in [5.74, 6) is -5.25. The third-order valence-corrected chi connectivity index (χ3v) is 6.66. The molecular formula is C27H29Cl2F2NO3. The summed E-state index contributed by atoms with van der Waals surface area (Å²) in [6.45, 7) is 1.63. The SMILES string of the molecule is C[C@H](CC(=O)O)CC(=O)c1c(C(F)(F)CCCCCc2cccc(Cl)c2)n(C)c2ccc(Cl)cc12. The van der Waals surface area contributed by atoms with Crippen LogP contribution in [0, 0.1) is 5.92 Å². The fourth-order valence-electron chi connectivity index (χ4n) is 4.58. The first kappa shape index (κ1) is 27.2. The van der Waals surface area contributed by atoms with Crippen LogP contribution in [0.25, 0.3) is 10.9 Å². The van der Waals surface area contributed by atoms with Crippen molar-refractivity contribution in [2.45, 2.75) is 57.8 Å². The van der Waals surface area contributed by atoms with Crippen molar-refractivity contribution in [2.24, 2.45) is 13.0 Å². The average molecular weight is 524 g/mol. The van der Waals surface area contributed by atoms with E-state index in [9.17, 15) is 9.59 Å². The molecule has 3 rings (SSSR count). The first-order valence-electron chi connectivity index (χ1n) is 11.6. The average Bonchev–Trinajstić information content (AvgIpc) is 3.05. The number of carbonyl (C=O) groups is 2. The molecule has 0 amide bonds. The first-order chi connectivity index (χ1) is 16.5. The number of carboxylic acid groups (broad SMARTS) is 1. The smallest absolute Gasteiger partial charge is 0.303 e. The van der Waals surface area contributed by atoms with Gasteiger partial charge in [-0.05, 0) is 61.1 Å². The summed E-state index contributed by atoms with van der Waals surface area (Å²) in [4.78, 5) is 24.2. The van der Waals surface area contributed by atoms with Gasteiger partial charge < -0.3 is 9.67 Å². The number of halogens is 4. The molecular weight excluding hydrogens is 495 g/mol. The highest BCUT2D eigenvalue weighted by atomic mass is 35.5. The number of hydrogen-bond acceptors (Lipinski definition) is 2. The summed E-state index contributed by atoms with van der Waals surface area (Å²) in [5.41, 5.74) is 1.15. The Morgan fingerprint density at radius 2 is 1.74 bits per heavy atom. The summed E-state index contributed by atoms with van der Waals surface area (Å²) < 4.78 is 32.6. The van der Waals surface area contributed by atoms with Gasteiger partial charge in [0.2, 0.25) is 0 Å². The number of fused-ring (bicyclic) bond motifs is 1. The summed E-state index contributed by atoms with van der Waals surface area (Å²) >= 11 is 12.1. The largest absolute Gasteiger partial charge is 0.481 e. The molecule has 1 N–H and O–H groups in total. The molecule has 8 heteroatoms. The lowest BCUT2D eigenvalue weighted by Crippen LogP contribution is -2.22. The van der Waals surface area contributed by atoms with Crippen molar-refractivity contribution in [3.63, 3.8) is 0 Å². The second kappa shape index (κ2) is 11.5. The number of unbranched alkanes of at least 4 members (excludes halogenated alkanes) is 2. The Morgan fingerprint density at radius 3 is 2.43 bits per heavy atom. The predicted molar refractivity (Wildman–Crippen MR) is 136 cm³/mol. The van der Waals surface area contributed by atoms with E-state index in [1.807, 2.05) is 18.2 Å². The number of carbonyl (C=O) groups excluding carboxylic acids is 1. The van der Waals surface area contributed by atoms with Crippen molar-refractivity contribution < 1.29 is 23.5 Å². The number of aliphatic carboxylic acids is 1. The highest BCUT2D eigenvalue weighted by Gasteiger charge is 2.39. The van der Waals surface area contributed by atoms with E-state index < -0.39 is 30.0 Å². The van der Waals surface area contributed by atoms with E-state index in [0.717, 1.165) is 18.4 Å². The van der Waals surface area contributed by atoms with Gasteiger partial charge in [0.25, 0.3) is 5.92 Å². The van der Waals surface area contributed by atoms with Gasteiger partial charge in [-0.15, -0.1) is 0 Å². The number of rotatable bonds is 12. The van der Waals surface area contributed by atoms with Crippen LogP contribution >= 0.6 is 23.2 Å². The molecule has 0 radical (unpaired) electrons. The van der Waals surface area contributed by atoms with E-state index in [2.05, 4.69) is 0 Å². The van der Waals surface area contributed by atoms with Gasteiger partial charge in [-0.1, -0.05) is 48.7 Å². The number of carboxylic acids is 1. The van der Waals surface area contributed by atoms with E-state index in [4.69, 9.17) is 28.3 Å². The quantitative estimate of drug-likeness (QED) is 0.193. The van der Waals surface area contributed by atoms with Gasteiger partial charge in [-0.25, -0.2) is 0 Å². The van der Waals surface area contributed by atoms with Crippen molar-refractivity contribution in [3.8, 4) is 0 Å².